The lowest BCUT2D eigenvalue weighted by Crippen LogP contribution is -2.25. The van der Waals surface area contributed by atoms with E-state index in [1.807, 2.05) is 41.4 Å². The van der Waals surface area contributed by atoms with Crippen molar-refractivity contribution < 1.29 is 22.7 Å². The zero-order valence-corrected chi connectivity index (χ0v) is 23.4. The Morgan fingerprint density at radius 2 is 1.74 bits per heavy atom. The number of aromatic amines is 1. The highest BCUT2D eigenvalue weighted by molar-refractivity contribution is 6.00. The molecule has 2 aromatic heterocycles. The number of fused-ring (bicyclic) bond motifs is 1. The third kappa shape index (κ3) is 7.69. The van der Waals surface area contributed by atoms with Crippen molar-refractivity contribution in [2.75, 3.05) is 19.7 Å². The van der Waals surface area contributed by atoms with Crippen LogP contribution in [0.25, 0.3) is 22.0 Å². The number of ether oxygens (including phenoxy) is 1. The van der Waals surface area contributed by atoms with E-state index in [1.54, 1.807) is 54.7 Å². The quantitative estimate of drug-likeness (QED) is 0.112. The number of H-pyrrole nitrogens is 1. The molecule has 0 radical (unpaired) electrons. The molecular formula is C34H34F3N3O2. The smallest absolute Gasteiger partial charge is 0.393 e. The topological polar surface area (TPSA) is 58.2 Å². The largest absolute Gasteiger partial charge is 0.478 e. The monoisotopic (exact) mass is 573 g/mol. The molecule has 8 heteroatoms. The van der Waals surface area contributed by atoms with Crippen molar-refractivity contribution in [1.29, 1.82) is 0 Å². The van der Waals surface area contributed by atoms with E-state index in [9.17, 15) is 18.0 Å². The number of aromatic nitrogens is 2. The fourth-order valence-corrected chi connectivity index (χ4v) is 5.28. The van der Waals surface area contributed by atoms with Gasteiger partial charge in [-0.25, -0.2) is 4.98 Å². The Morgan fingerprint density at radius 1 is 0.952 bits per heavy atom. The predicted molar refractivity (Wildman–Crippen MR) is 160 cm³/mol. The molecule has 2 aromatic carbocycles. The Balaban J connectivity index is 1.31. The highest BCUT2D eigenvalue weighted by Gasteiger charge is 2.31. The van der Waals surface area contributed by atoms with Crippen molar-refractivity contribution in [2.24, 2.45) is 0 Å². The number of carbonyl (C=O) groups excluding carboxylic acids is 1. The van der Waals surface area contributed by atoms with Gasteiger partial charge < -0.3 is 14.6 Å². The minimum atomic E-state index is -4.40. The maximum atomic E-state index is 13.9. The first-order valence-corrected chi connectivity index (χ1v) is 14.3. The second-order valence-corrected chi connectivity index (χ2v) is 10.5. The van der Waals surface area contributed by atoms with Gasteiger partial charge in [-0.2, -0.15) is 13.2 Å². The lowest BCUT2D eigenvalue weighted by molar-refractivity contribution is -0.125. The number of benzene rings is 2. The maximum absolute atomic E-state index is 13.9. The van der Waals surface area contributed by atoms with Gasteiger partial charge in [0.1, 0.15) is 0 Å². The Labute approximate surface area is 243 Å². The Morgan fingerprint density at radius 3 is 2.48 bits per heavy atom. The highest BCUT2D eigenvalue weighted by Crippen LogP contribution is 2.40. The van der Waals surface area contributed by atoms with Gasteiger partial charge in [-0.1, -0.05) is 42.5 Å². The van der Waals surface area contributed by atoms with Gasteiger partial charge in [-0.05, 0) is 90.1 Å². The van der Waals surface area contributed by atoms with Crippen molar-refractivity contribution in [2.45, 2.75) is 44.7 Å². The van der Waals surface area contributed by atoms with Crippen LogP contribution >= 0.6 is 0 Å². The van der Waals surface area contributed by atoms with E-state index in [0.717, 1.165) is 56.1 Å². The maximum Gasteiger partial charge on any atom is 0.393 e. The predicted octanol–water partition coefficient (Wildman–Crippen LogP) is 8.20. The van der Waals surface area contributed by atoms with Crippen LogP contribution in [0.4, 0.5) is 13.2 Å². The summed E-state index contributed by atoms with van der Waals surface area (Å²) in [4.78, 5) is 21.5. The molecular weight excluding hydrogens is 539 g/mol. The van der Waals surface area contributed by atoms with Gasteiger partial charge in [0.05, 0.1) is 13.0 Å². The molecule has 1 aliphatic rings. The molecule has 0 unspecified atom stereocenters. The van der Waals surface area contributed by atoms with Crippen molar-refractivity contribution in [1.82, 2.24) is 14.9 Å². The number of likely N-dealkylation sites (tertiary alicyclic amines) is 1. The molecule has 1 saturated heterocycles. The summed E-state index contributed by atoms with van der Waals surface area (Å²) in [6.45, 7) is 2.15. The molecule has 0 spiro atoms. The van der Waals surface area contributed by atoms with E-state index >= 15 is 0 Å². The summed E-state index contributed by atoms with van der Waals surface area (Å²) in [6, 6.07) is 19.7. The van der Waals surface area contributed by atoms with Crippen LogP contribution < -0.4 is 4.74 Å². The van der Waals surface area contributed by atoms with Crippen molar-refractivity contribution in [3.05, 3.63) is 108 Å². The number of hydrogen-bond acceptors (Lipinski definition) is 3. The van der Waals surface area contributed by atoms with Crippen LogP contribution in [0.1, 0.15) is 55.2 Å². The molecule has 0 atom stereocenters. The van der Waals surface area contributed by atoms with Gasteiger partial charge >= 0.3 is 6.18 Å². The van der Waals surface area contributed by atoms with E-state index in [-0.39, 0.29) is 11.5 Å². The number of halogens is 3. The van der Waals surface area contributed by atoms with Crippen LogP contribution in [0.3, 0.4) is 0 Å². The van der Waals surface area contributed by atoms with E-state index in [4.69, 9.17) is 4.74 Å². The minimum absolute atomic E-state index is 0.0835. The fraction of sp³-hybridized carbons (Fsp3) is 0.294. The molecule has 42 heavy (non-hydrogen) atoms. The molecule has 4 aromatic rings. The number of pyridine rings is 1. The van der Waals surface area contributed by atoms with E-state index in [0.29, 0.717) is 34.8 Å². The summed E-state index contributed by atoms with van der Waals surface area (Å²) in [5.41, 5.74) is 3.34. The van der Waals surface area contributed by atoms with Gasteiger partial charge in [-0.15, -0.1) is 0 Å². The number of nitrogens with zero attached hydrogens (tertiary/aromatic N) is 2. The first-order valence-electron chi connectivity index (χ1n) is 14.3. The number of carbonyl (C=O) groups is 1. The Kier molecular flexibility index (Phi) is 9.41. The van der Waals surface area contributed by atoms with Crippen LogP contribution in [0, 0.1) is 0 Å². The molecule has 0 saturated carbocycles. The molecule has 1 amide bonds. The number of nitrogens with one attached hydrogen (secondary N) is 1. The minimum Gasteiger partial charge on any atom is -0.478 e. The van der Waals surface area contributed by atoms with E-state index in [2.05, 4.69) is 9.97 Å². The molecule has 1 aliphatic heterocycles. The van der Waals surface area contributed by atoms with Crippen LogP contribution in [0.15, 0.2) is 91.3 Å². The molecule has 0 bridgehead atoms. The molecule has 218 valence electrons. The number of hydrogen-bond donors (Lipinski definition) is 1. The fourth-order valence-electron chi connectivity index (χ4n) is 5.28. The molecule has 3 heterocycles. The van der Waals surface area contributed by atoms with Crippen molar-refractivity contribution >= 4 is 28.0 Å². The zero-order chi connectivity index (χ0) is 29.4. The Hall–Kier alpha value is -4.33. The van der Waals surface area contributed by atoms with Crippen LogP contribution in [0.2, 0.25) is 0 Å². The number of allylic oxidation sites excluding steroid dienone is 2. The van der Waals surface area contributed by atoms with Crippen molar-refractivity contribution in [3.8, 4) is 5.88 Å². The number of alkyl halides is 3. The van der Waals surface area contributed by atoms with E-state index < -0.39 is 12.6 Å². The van der Waals surface area contributed by atoms with Crippen molar-refractivity contribution in [3.63, 3.8) is 0 Å². The summed E-state index contributed by atoms with van der Waals surface area (Å²) < 4.78 is 47.6. The van der Waals surface area contributed by atoms with Gasteiger partial charge in [0, 0.05) is 42.6 Å². The van der Waals surface area contributed by atoms with Crippen LogP contribution in [0.5, 0.6) is 5.88 Å². The van der Waals surface area contributed by atoms with E-state index in [1.165, 1.54) is 0 Å². The second-order valence-electron chi connectivity index (χ2n) is 10.5. The average Bonchev–Trinajstić information content (AvgIpc) is 3.69. The summed E-state index contributed by atoms with van der Waals surface area (Å²) in [6.07, 6.45) is 6.09. The number of unbranched alkanes of at least 4 members (excludes halogenated alkanes) is 2. The lowest BCUT2D eigenvalue weighted by Gasteiger charge is -2.19. The van der Waals surface area contributed by atoms with Gasteiger partial charge in [0.2, 0.25) is 11.8 Å². The van der Waals surface area contributed by atoms with Gasteiger partial charge in [0.25, 0.3) is 0 Å². The third-order valence-electron chi connectivity index (χ3n) is 7.36. The third-order valence-corrected chi connectivity index (χ3v) is 7.36. The standard InChI is InChI=1S/C34H34F3N3O2/c35-34(36,37)23-29(25-10-4-3-5-11-25)33(27-13-15-30-26(22-27)17-18-38-30)28-14-16-31(39-24-28)42-21-9-2-1-6-12-32(41)40-19-7-8-20-40/h3-6,10-18,22,24,38H,1-2,7-9,19-21,23H2/b12-6+,33-29-. The molecule has 5 nitrogen and oxygen atoms in total. The highest BCUT2D eigenvalue weighted by atomic mass is 19.4. The lowest BCUT2D eigenvalue weighted by atomic mass is 9.88. The van der Waals surface area contributed by atoms with Crippen LogP contribution in [-0.2, 0) is 4.79 Å². The molecule has 1 fully saturated rings. The average molecular weight is 574 g/mol. The summed E-state index contributed by atoms with van der Waals surface area (Å²) in [5, 5.41) is 0.910. The normalized spacial score (nSPS) is 14.5. The first-order chi connectivity index (χ1) is 20.4. The zero-order valence-electron chi connectivity index (χ0n) is 23.4. The number of amides is 1. The van der Waals surface area contributed by atoms with Gasteiger partial charge in [0.15, 0.2) is 0 Å². The molecule has 5 rings (SSSR count). The summed E-state index contributed by atoms with van der Waals surface area (Å²) >= 11 is 0. The second kappa shape index (κ2) is 13.6. The molecule has 1 N–H and O–H groups in total. The molecule has 0 aliphatic carbocycles. The van der Waals surface area contributed by atoms with Gasteiger partial charge in [-0.3, -0.25) is 4.79 Å². The summed E-state index contributed by atoms with van der Waals surface area (Å²) in [7, 11) is 0. The first kappa shape index (κ1) is 29.2. The Bertz CT molecular complexity index is 1530. The SMILES string of the molecule is O=C(/C=C/CCCCOc1ccc(/C(=C(/CC(F)(F)F)c2ccccc2)c2ccc3[nH]ccc3c2)cn1)N1CCCC1. The summed E-state index contributed by atoms with van der Waals surface area (Å²) in [5.74, 6) is 0.496. The number of rotatable bonds is 11. The van der Waals surface area contributed by atoms with Crippen LogP contribution in [-0.4, -0.2) is 46.6 Å².